The van der Waals surface area contributed by atoms with Crippen LogP contribution in [0.4, 0.5) is 0 Å². The third-order valence-electron chi connectivity index (χ3n) is 4.52. The molecule has 5 heteroatoms. The van der Waals surface area contributed by atoms with E-state index in [-0.39, 0.29) is 5.91 Å². The van der Waals surface area contributed by atoms with Crippen molar-refractivity contribution < 1.29 is 4.79 Å². The second-order valence-corrected chi connectivity index (χ2v) is 6.43. The van der Waals surface area contributed by atoms with Crippen LogP contribution in [-0.4, -0.2) is 20.7 Å². The third-order valence-corrected chi connectivity index (χ3v) is 4.52. The molecule has 2 heterocycles. The van der Waals surface area contributed by atoms with Crippen LogP contribution in [0.2, 0.25) is 0 Å². The summed E-state index contributed by atoms with van der Waals surface area (Å²) in [6.07, 6.45) is 0.437. The molecule has 0 aliphatic carbocycles. The normalized spacial score (nSPS) is 11.2. The van der Waals surface area contributed by atoms with Gasteiger partial charge in [0.15, 0.2) is 0 Å². The number of hydrogen-bond acceptors (Lipinski definition) is 2. The Morgan fingerprint density at radius 2 is 2.00 bits per heavy atom. The van der Waals surface area contributed by atoms with Gasteiger partial charge in [0.05, 0.1) is 5.69 Å². The molecule has 2 aromatic heterocycles. The van der Waals surface area contributed by atoms with Crippen molar-refractivity contribution in [1.29, 1.82) is 0 Å². The highest BCUT2D eigenvalue weighted by Gasteiger charge is 2.07. The van der Waals surface area contributed by atoms with Crippen LogP contribution in [0, 0.1) is 27.7 Å². The van der Waals surface area contributed by atoms with Crippen molar-refractivity contribution >= 4 is 16.8 Å². The zero-order valence-corrected chi connectivity index (χ0v) is 14.7. The second-order valence-electron chi connectivity index (χ2n) is 6.43. The number of H-pyrrole nitrogens is 1. The van der Waals surface area contributed by atoms with E-state index in [0.717, 1.165) is 22.5 Å². The van der Waals surface area contributed by atoms with Crippen molar-refractivity contribution in [2.45, 2.75) is 47.2 Å². The first-order chi connectivity index (χ1) is 11.4. The molecular formula is C19H24N4O. The van der Waals surface area contributed by atoms with Crippen LogP contribution < -0.4 is 5.32 Å². The van der Waals surface area contributed by atoms with E-state index in [1.165, 1.54) is 16.6 Å². The number of carbonyl (C=O) groups excluding carboxylic acids is 1. The quantitative estimate of drug-likeness (QED) is 0.756. The first-order valence-electron chi connectivity index (χ1n) is 8.29. The molecule has 0 unspecified atom stereocenters. The maximum absolute atomic E-state index is 12.1. The van der Waals surface area contributed by atoms with E-state index in [4.69, 9.17) is 0 Å². The number of fused-ring (bicyclic) bond motifs is 1. The van der Waals surface area contributed by atoms with Gasteiger partial charge in [-0.2, -0.15) is 5.10 Å². The number of benzene rings is 1. The van der Waals surface area contributed by atoms with Crippen molar-refractivity contribution in [3.8, 4) is 0 Å². The smallest absolute Gasteiger partial charge is 0.222 e. The molecule has 0 spiro atoms. The molecule has 5 nitrogen and oxygen atoms in total. The van der Waals surface area contributed by atoms with Gasteiger partial charge in [-0.25, -0.2) is 0 Å². The van der Waals surface area contributed by atoms with Crippen LogP contribution in [0.5, 0.6) is 0 Å². The highest BCUT2D eigenvalue weighted by atomic mass is 16.1. The van der Waals surface area contributed by atoms with Crippen LogP contribution in [-0.2, 0) is 17.9 Å². The van der Waals surface area contributed by atoms with Gasteiger partial charge in [0.25, 0.3) is 0 Å². The average molecular weight is 324 g/mol. The Morgan fingerprint density at radius 3 is 2.71 bits per heavy atom. The van der Waals surface area contributed by atoms with Gasteiger partial charge in [-0.3, -0.25) is 9.48 Å². The Hall–Kier alpha value is -2.56. The van der Waals surface area contributed by atoms with E-state index in [2.05, 4.69) is 47.4 Å². The Kier molecular flexibility index (Phi) is 4.42. The molecule has 0 aliphatic heterocycles. The lowest BCUT2D eigenvalue weighted by Crippen LogP contribution is -2.24. The number of amides is 1. The van der Waals surface area contributed by atoms with E-state index in [1.807, 2.05) is 24.6 Å². The summed E-state index contributed by atoms with van der Waals surface area (Å²) in [5.74, 6) is 0.0459. The molecule has 0 aliphatic rings. The molecule has 3 aromatic rings. The van der Waals surface area contributed by atoms with Crippen molar-refractivity contribution in [2.24, 2.45) is 0 Å². The molecule has 1 amide bonds. The number of aromatic amines is 1. The highest BCUT2D eigenvalue weighted by Crippen LogP contribution is 2.22. The number of nitrogens with zero attached hydrogens (tertiary/aromatic N) is 2. The molecule has 0 fully saturated rings. The van der Waals surface area contributed by atoms with Crippen LogP contribution in [0.15, 0.2) is 24.3 Å². The minimum absolute atomic E-state index is 0.0459. The van der Waals surface area contributed by atoms with E-state index in [1.54, 1.807) is 0 Å². The van der Waals surface area contributed by atoms with Gasteiger partial charge in [0.2, 0.25) is 5.91 Å². The summed E-state index contributed by atoms with van der Waals surface area (Å²) < 4.78 is 1.88. The number of carbonyl (C=O) groups is 1. The molecule has 0 bridgehead atoms. The summed E-state index contributed by atoms with van der Waals surface area (Å²) in [5, 5.41) is 8.60. The van der Waals surface area contributed by atoms with E-state index in [9.17, 15) is 4.79 Å². The summed E-state index contributed by atoms with van der Waals surface area (Å²) in [7, 11) is 0. The molecular weight excluding hydrogens is 300 g/mol. The van der Waals surface area contributed by atoms with Gasteiger partial charge in [-0.05, 0) is 57.0 Å². The van der Waals surface area contributed by atoms with E-state index >= 15 is 0 Å². The summed E-state index contributed by atoms with van der Waals surface area (Å²) in [4.78, 5) is 15.5. The second kappa shape index (κ2) is 6.51. The van der Waals surface area contributed by atoms with Crippen LogP contribution in [0.25, 0.3) is 10.9 Å². The molecule has 0 radical (unpaired) electrons. The Bertz CT molecular complexity index is 888. The predicted molar refractivity (Wildman–Crippen MR) is 95.9 cm³/mol. The molecule has 24 heavy (non-hydrogen) atoms. The Labute approximate surface area is 142 Å². The monoisotopic (exact) mass is 324 g/mol. The minimum atomic E-state index is 0.0459. The van der Waals surface area contributed by atoms with Gasteiger partial charge >= 0.3 is 0 Å². The first-order valence-corrected chi connectivity index (χ1v) is 8.29. The summed E-state index contributed by atoms with van der Waals surface area (Å²) in [6, 6.07) is 8.30. The molecule has 0 atom stereocenters. The fourth-order valence-corrected chi connectivity index (χ4v) is 3.02. The Balaban J connectivity index is 1.58. The standard InChI is InChI=1S/C19H24N4O/c1-12-9-13(2)23(22-12)8-7-19(24)20-11-16-5-6-18-17(10-16)14(3)15(4)21-18/h5-6,9-10,21H,7-8,11H2,1-4H3,(H,20,24). The van der Waals surface area contributed by atoms with E-state index in [0.29, 0.717) is 19.5 Å². The zero-order chi connectivity index (χ0) is 17.3. The van der Waals surface area contributed by atoms with Crippen molar-refractivity contribution in [3.63, 3.8) is 0 Å². The maximum atomic E-state index is 12.1. The van der Waals surface area contributed by atoms with Crippen LogP contribution in [0.3, 0.4) is 0 Å². The molecule has 3 rings (SSSR count). The Morgan fingerprint density at radius 1 is 1.21 bits per heavy atom. The van der Waals surface area contributed by atoms with Gasteiger partial charge < -0.3 is 10.3 Å². The van der Waals surface area contributed by atoms with Crippen molar-refractivity contribution in [1.82, 2.24) is 20.1 Å². The van der Waals surface area contributed by atoms with Gasteiger partial charge in [-0.1, -0.05) is 6.07 Å². The summed E-state index contributed by atoms with van der Waals surface area (Å²) in [5.41, 5.74) is 6.79. The number of aryl methyl sites for hydroxylation is 5. The molecule has 0 saturated heterocycles. The number of rotatable bonds is 5. The highest BCUT2D eigenvalue weighted by molar-refractivity contribution is 5.85. The largest absolute Gasteiger partial charge is 0.358 e. The summed E-state index contributed by atoms with van der Waals surface area (Å²) >= 11 is 0. The van der Waals surface area contributed by atoms with Crippen LogP contribution >= 0.6 is 0 Å². The number of hydrogen-bond donors (Lipinski definition) is 2. The van der Waals surface area contributed by atoms with Crippen molar-refractivity contribution in [3.05, 3.63) is 52.5 Å². The van der Waals surface area contributed by atoms with E-state index < -0.39 is 0 Å². The topological polar surface area (TPSA) is 62.7 Å². The zero-order valence-electron chi connectivity index (χ0n) is 14.7. The molecule has 1 aromatic carbocycles. The SMILES string of the molecule is Cc1cc(C)n(CCC(=O)NCc2ccc3[nH]c(C)c(C)c3c2)n1. The third kappa shape index (κ3) is 3.35. The lowest BCUT2D eigenvalue weighted by atomic mass is 10.1. The first kappa shape index (κ1) is 16.3. The van der Waals surface area contributed by atoms with Crippen LogP contribution in [0.1, 0.15) is 34.6 Å². The van der Waals surface area contributed by atoms with Crippen molar-refractivity contribution in [2.75, 3.05) is 0 Å². The lowest BCUT2D eigenvalue weighted by molar-refractivity contribution is -0.121. The minimum Gasteiger partial charge on any atom is -0.358 e. The molecule has 0 saturated carbocycles. The lowest BCUT2D eigenvalue weighted by Gasteiger charge is -2.07. The summed E-state index contributed by atoms with van der Waals surface area (Å²) in [6.45, 7) is 9.33. The fraction of sp³-hybridized carbons (Fsp3) is 0.368. The van der Waals surface area contributed by atoms with Gasteiger partial charge in [-0.15, -0.1) is 0 Å². The maximum Gasteiger partial charge on any atom is 0.222 e. The number of nitrogens with one attached hydrogen (secondary N) is 2. The predicted octanol–water partition coefficient (Wildman–Crippen LogP) is 3.30. The number of aromatic nitrogens is 3. The average Bonchev–Trinajstić information content (AvgIpc) is 3.02. The molecule has 2 N–H and O–H groups in total. The van der Waals surface area contributed by atoms with Gasteiger partial charge in [0, 0.05) is 41.8 Å². The molecule has 126 valence electrons. The fourth-order valence-electron chi connectivity index (χ4n) is 3.02. The van der Waals surface area contributed by atoms with Gasteiger partial charge in [0.1, 0.15) is 0 Å².